The van der Waals surface area contributed by atoms with Gasteiger partial charge in [-0.15, -0.1) is 0 Å². The number of carboxylic acid groups (broad SMARTS) is 1. The van der Waals surface area contributed by atoms with Gasteiger partial charge in [-0.25, -0.2) is 0 Å². The first-order valence-corrected chi connectivity index (χ1v) is 9.49. The third-order valence-electron chi connectivity index (χ3n) is 4.28. The van der Waals surface area contributed by atoms with Crippen molar-refractivity contribution in [1.29, 1.82) is 0 Å². The zero-order valence-corrected chi connectivity index (χ0v) is 15.6. The maximum absolute atomic E-state index is 12.0. The van der Waals surface area contributed by atoms with Crippen molar-refractivity contribution in [3.05, 3.63) is 65.7 Å². The van der Waals surface area contributed by atoms with Crippen molar-refractivity contribution in [3.8, 4) is 0 Å². The van der Waals surface area contributed by atoms with Gasteiger partial charge in [0.05, 0.1) is 0 Å². The van der Waals surface area contributed by atoms with E-state index in [0.29, 0.717) is 19.4 Å². The topological polar surface area (TPSA) is 78.4 Å². The Morgan fingerprint density at radius 3 is 2.15 bits per heavy atom. The molecule has 0 bridgehead atoms. The summed E-state index contributed by atoms with van der Waals surface area (Å²) in [6.07, 6.45) is 4.06. The van der Waals surface area contributed by atoms with Crippen molar-refractivity contribution in [2.75, 3.05) is 18.4 Å². The summed E-state index contributed by atoms with van der Waals surface area (Å²) in [5.41, 5.74) is 3.18. The predicted octanol–water partition coefficient (Wildman–Crippen LogP) is 3.64. The predicted molar refractivity (Wildman–Crippen MR) is 108 cm³/mol. The lowest BCUT2D eigenvalue weighted by atomic mass is 10.1. The Morgan fingerprint density at radius 2 is 1.44 bits per heavy atom. The Bertz CT molecular complexity index is 699. The van der Waals surface area contributed by atoms with E-state index in [9.17, 15) is 9.59 Å². The smallest absolute Gasteiger partial charge is 0.303 e. The molecule has 0 spiro atoms. The van der Waals surface area contributed by atoms with Crippen molar-refractivity contribution < 1.29 is 14.7 Å². The fourth-order valence-electron chi connectivity index (χ4n) is 2.81. The number of hydrogen-bond acceptors (Lipinski definition) is 3. The molecule has 2 rings (SSSR count). The molecule has 5 nitrogen and oxygen atoms in total. The van der Waals surface area contributed by atoms with E-state index < -0.39 is 5.97 Å². The molecule has 0 atom stereocenters. The number of aryl methyl sites for hydroxylation is 2. The highest BCUT2D eigenvalue weighted by atomic mass is 16.4. The molecule has 0 aromatic heterocycles. The summed E-state index contributed by atoms with van der Waals surface area (Å²) < 4.78 is 0. The van der Waals surface area contributed by atoms with Crippen LogP contribution in [-0.4, -0.2) is 30.1 Å². The Hall–Kier alpha value is -2.66. The number of carbonyl (C=O) groups excluding carboxylic acids is 1. The number of carbonyl (C=O) groups is 2. The highest BCUT2D eigenvalue weighted by Crippen LogP contribution is 2.12. The van der Waals surface area contributed by atoms with Gasteiger partial charge in [-0.2, -0.15) is 0 Å². The van der Waals surface area contributed by atoms with Crippen LogP contribution in [0.15, 0.2) is 54.6 Å². The third kappa shape index (κ3) is 9.01. The van der Waals surface area contributed by atoms with Crippen LogP contribution in [-0.2, 0) is 22.4 Å². The first-order valence-electron chi connectivity index (χ1n) is 9.49. The molecule has 27 heavy (non-hydrogen) atoms. The summed E-state index contributed by atoms with van der Waals surface area (Å²) >= 11 is 0. The first kappa shape index (κ1) is 20.6. The van der Waals surface area contributed by atoms with Gasteiger partial charge in [0, 0.05) is 25.1 Å². The van der Waals surface area contributed by atoms with Crippen LogP contribution in [0, 0.1) is 0 Å². The van der Waals surface area contributed by atoms with Crippen LogP contribution in [0.3, 0.4) is 0 Å². The average molecular weight is 368 g/mol. The SMILES string of the molecule is O=C(O)CCCc1ccc(NC(=O)CCNCCCc2ccccc2)cc1. The molecule has 0 heterocycles. The molecule has 144 valence electrons. The highest BCUT2D eigenvalue weighted by molar-refractivity contribution is 5.90. The van der Waals surface area contributed by atoms with Gasteiger partial charge in [0.15, 0.2) is 0 Å². The van der Waals surface area contributed by atoms with E-state index in [1.807, 2.05) is 30.3 Å². The fourth-order valence-corrected chi connectivity index (χ4v) is 2.81. The largest absolute Gasteiger partial charge is 0.481 e. The van der Waals surface area contributed by atoms with Crippen LogP contribution in [0.2, 0.25) is 0 Å². The minimum absolute atomic E-state index is 0.0100. The molecule has 0 aliphatic carbocycles. The van der Waals surface area contributed by atoms with E-state index in [4.69, 9.17) is 5.11 Å². The van der Waals surface area contributed by atoms with Crippen molar-refractivity contribution in [2.45, 2.75) is 38.5 Å². The number of rotatable bonds is 12. The summed E-state index contributed by atoms with van der Waals surface area (Å²) in [6, 6.07) is 18.0. The van der Waals surface area contributed by atoms with Crippen LogP contribution in [0.25, 0.3) is 0 Å². The molecule has 2 aromatic rings. The zero-order valence-electron chi connectivity index (χ0n) is 15.6. The molecular weight excluding hydrogens is 340 g/mol. The summed E-state index contributed by atoms with van der Waals surface area (Å²) in [4.78, 5) is 22.5. The number of benzene rings is 2. The van der Waals surface area contributed by atoms with Gasteiger partial charge in [-0.3, -0.25) is 9.59 Å². The maximum atomic E-state index is 12.0. The lowest BCUT2D eigenvalue weighted by Crippen LogP contribution is -2.22. The summed E-state index contributed by atoms with van der Waals surface area (Å²) in [7, 11) is 0. The van der Waals surface area contributed by atoms with E-state index in [2.05, 4.69) is 34.9 Å². The molecule has 0 saturated carbocycles. The molecule has 0 radical (unpaired) electrons. The van der Waals surface area contributed by atoms with E-state index in [-0.39, 0.29) is 12.3 Å². The van der Waals surface area contributed by atoms with Gasteiger partial charge in [0.1, 0.15) is 0 Å². The molecule has 5 heteroatoms. The van der Waals surface area contributed by atoms with Gasteiger partial charge < -0.3 is 15.7 Å². The first-order chi connectivity index (χ1) is 13.1. The fraction of sp³-hybridized carbons (Fsp3) is 0.364. The second kappa shape index (κ2) is 11.9. The van der Waals surface area contributed by atoms with Crippen molar-refractivity contribution in [3.63, 3.8) is 0 Å². The van der Waals surface area contributed by atoms with Gasteiger partial charge in [0.25, 0.3) is 0 Å². The minimum Gasteiger partial charge on any atom is -0.481 e. The molecule has 2 aromatic carbocycles. The van der Waals surface area contributed by atoms with E-state index >= 15 is 0 Å². The van der Waals surface area contributed by atoms with Gasteiger partial charge in [-0.1, -0.05) is 42.5 Å². The Balaban J connectivity index is 1.56. The molecule has 0 aliphatic heterocycles. The van der Waals surface area contributed by atoms with Gasteiger partial charge in [0.2, 0.25) is 5.91 Å². The average Bonchev–Trinajstić information content (AvgIpc) is 2.66. The molecule has 3 N–H and O–H groups in total. The van der Waals surface area contributed by atoms with Crippen LogP contribution in [0.1, 0.15) is 36.8 Å². The number of hydrogen-bond donors (Lipinski definition) is 3. The van der Waals surface area contributed by atoms with Crippen LogP contribution < -0.4 is 10.6 Å². The number of nitrogens with one attached hydrogen (secondary N) is 2. The van der Waals surface area contributed by atoms with E-state index in [1.165, 1.54) is 5.56 Å². The molecule has 0 aliphatic rings. The van der Waals surface area contributed by atoms with Gasteiger partial charge in [-0.05, 0) is 55.5 Å². The number of carboxylic acids is 1. The Labute approximate surface area is 160 Å². The summed E-state index contributed by atoms with van der Waals surface area (Å²) in [6.45, 7) is 1.56. The monoisotopic (exact) mass is 368 g/mol. The van der Waals surface area contributed by atoms with E-state index in [1.54, 1.807) is 0 Å². The zero-order chi connectivity index (χ0) is 19.3. The molecule has 0 saturated heterocycles. The molecule has 0 fully saturated rings. The summed E-state index contributed by atoms with van der Waals surface area (Å²) in [5.74, 6) is -0.781. The lowest BCUT2D eigenvalue weighted by molar-refractivity contribution is -0.137. The Morgan fingerprint density at radius 1 is 0.778 bits per heavy atom. The third-order valence-corrected chi connectivity index (χ3v) is 4.28. The standard InChI is InChI=1S/C22H28N2O3/c25-21(15-17-23-16-5-9-18-6-2-1-3-7-18)24-20-13-11-19(12-14-20)8-4-10-22(26)27/h1-3,6-7,11-14,23H,4-5,8-10,15-17H2,(H,24,25)(H,26,27). The van der Waals surface area contributed by atoms with E-state index in [0.717, 1.165) is 37.1 Å². The Kier molecular flexibility index (Phi) is 9.07. The second-order valence-corrected chi connectivity index (χ2v) is 6.58. The van der Waals surface area contributed by atoms with Gasteiger partial charge >= 0.3 is 5.97 Å². The summed E-state index contributed by atoms with van der Waals surface area (Å²) in [5, 5.41) is 14.8. The minimum atomic E-state index is -0.771. The van der Waals surface area contributed by atoms with Crippen molar-refractivity contribution in [1.82, 2.24) is 5.32 Å². The normalized spacial score (nSPS) is 10.5. The molecule has 0 unspecified atom stereocenters. The lowest BCUT2D eigenvalue weighted by Gasteiger charge is -2.08. The number of anilines is 1. The van der Waals surface area contributed by atoms with Crippen LogP contribution in [0.4, 0.5) is 5.69 Å². The number of amides is 1. The maximum Gasteiger partial charge on any atom is 0.303 e. The van der Waals surface area contributed by atoms with Crippen molar-refractivity contribution in [2.24, 2.45) is 0 Å². The number of aliphatic carboxylic acids is 1. The molecule has 1 amide bonds. The van der Waals surface area contributed by atoms with Crippen molar-refractivity contribution >= 4 is 17.6 Å². The molecular formula is C22H28N2O3. The van der Waals surface area contributed by atoms with Crippen LogP contribution >= 0.6 is 0 Å². The quantitative estimate of drug-likeness (QED) is 0.500. The van der Waals surface area contributed by atoms with Crippen LogP contribution in [0.5, 0.6) is 0 Å². The second-order valence-electron chi connectivity index (χ2n) is 6.58. The highest BCUT2D eigenvalue weighted by Gasteiger charge is 2.03.